The first-order valence-corrected chi connectivity index (χ1v) is 6.03. The number of methoxy groups -OCH3 is 2. The molecule has 0 amide bonds. The number of benzene rings is 2. The molecule has 2 rings (SSSR count). The van der Waals surface area contributed by atoms with Crippen LogP contribution < -0.4 is 14.8 Å². The fraction of sp³-hybridized carbons (Fsp3) is 0.200. The molecule has 0 saturated heterocycles. The number of nitrogens with one attached hydrogen (secondary N) is 1. The number of halogens is 2. The highest BCUT2D eigenvalue weighted by molar-refractivity contribution is 5.54. The zero-order valence-electron chi connectivity index (χ0n) is 11.2. The van der Waals surface area contributed by atoms with Gasteiger partial charge in [0.05, 0.1) is 14.2 Å². The van der Waals surface area contributed by atoms with E-state index in [1.165, 1.54) is 12.1 Å². The van der Waals surface area contributed by atoms with E-state index in [2.05, 4.69) is 5.32 Å². The van der Waals surface area contributed by atoms with Gasteiger partial charge in [-0.15, -0.1) is 0 Å². The van der Waals surface area contributed by atoms with Crippen molar-refractivity contribution < 1.29 is 18.3 Å². The Kier molecular flexibility index (Phi) is 4.40. The van der Waals surface area contributed by atoms with Crippen molar-refractivity contribution >= 4 is 5.69 Å². The fourth-order valence-corrected chi connectivity index (χ4v) is 1.86. The molecule has 0 radical (unpaired) electrons. The molecule has 20 heavy (non-hydrogen) atoms. The summed E-state index contributed by atoms with van der Waals surface area (Å²) < 4.78 is 36.4. The van der Waals surface area contributed by atoms with Gasteiger partial charge in [-0.3, -0.25) is 0 Å². The third-order valence-corrected chi connectivity index (χ3v) is 2.80. The molecule has 3 nitrogen and oxygen atoms in total. The molecule has 2 aromatic carbocycles. The minimum atomic E-state index is -0.589. The summed E-state index contributed by atoms with van der Waals surface area (Å²) in [4.78, 5) is 0. The predicted octanol–water partition coefficient (Wildman–Crippen LogP) is 3.59. The van der Waals surface area contributed by atoms with Crippen molar-refractivity contribution in [2.45, 2.75) is 6.54 Å². The summed E-state index contributed by atoms with van der Waals surface area (Å²) in [5.41, 5.74) is 1.30. The zero-order valence-corrected chi connectivity index (χ0v) is 11.2. The lowest BCUT2D eigenvalue weighted by Crippen LogP contribution is -2.01. The first-order chi connectivity index (χ1) is 9.62. The lowest BCUT2D eigenvalue weighted by molar-refractivity contribution is 0.355. The fourth-order valence-electron chi connectivity index (χ4n) is 1.86. The van der Waals surface area contributed by atoms with E-state index in [1.807, 2.05) is 0 Å². The Balaban J connectivity index is 2.10. The quantitative estimate of drug-likeness (QED) is 0.907. The van der Waals surface area contributed by atoms with E-state index >= 15 is 0 Å². The van der Waals surface area contributed by atoms with Crippen LogP contribution in [0.15, 0.2) is 36.4 Å². The van der Waals surface area contributed by atoms with Gasteiger partial charge in [0.15, 0.2) is 11.5 Å². The van der Waals surface area contributed by atoms with Gasteiger partial charge in [-0.2, -0.15) is 0 Å². The maximum atomic E-state index is 13.1. The number of hydrogen-bond donors (Lipinski definition) is 1. The van der Waals surface area contributed by atoms with Crippen molar-refractivity contribution in [1.82, 2.24) is 0 Å². The Morgan fingerprint density at radius 3 is 2.15 bits per heavy atom. The van der Waals surface area contributed by atoms with Crippen LogP contribution in [0.3, 0.4) is 0 Å². The summed E-state index contributed by atoms with van der Waals surface area (Å²) >= 11 is 0. The SMILES string of the molecule is COc1ccc(NCc2cc(F)cc(F)c2)cc1OC. The lowest BCUT2D eigenvalue weighted by Gasteiger charge is -2.11. The van der Waals surface area contributed by atoms with Crippen LogP contribution in [0.2, 0.25) is 0 Å². The summed E-state index contributed by atoms with van der Waals surface area (Å²) in [6.07, 6.45) is 0. The number of anilines is 1. The minimum absolute atomic E-state index is 0.310. The van der Waals surface area contributed by atoms with E-state index in [0.717, 1.165) is 11.8 Å². The summed E-state index contributed by atoms with van der Waals surface area (Å²) in [5.74, 6) is 0.0287. The van der Waals surface area contributed by atoms with E-state index in [9.17, 15) is 8.78 Å². The Hall–Kier alpha value is -2.30. The second kappa shape index (κ2) is 6.23. The maximum Gasteiger partial charge on any atom is 0.162 e. The van der Waals surface area contributed by atoms with Gasteiger partial charge in [-0.1, -0.05) is 0 Å². The van der Waals surface area contributed by atoms with Crippen molar-refractivity contribution in [2.24, 2.45) is 0 Å². The van der Waals surface area contributed by atoms with E-state index in [4.69, 9.17) is 9.47 Å². The molecule has 1 N–H and O–H groups in total. The maximum absolute atomic E-state index is 13.1. The number of rotatable bonds is 5. The topological polar surface area (TPSA) is 30.5 Å². The van der Waals surface area contributed by atoms with Crippen LogP contribution in [0.25, 0.3) is 0 Å². The largest absolute Gasteiger partial charge is 0.493 e. The molecule has 0 saturated carbocycles. The van der Waals surface area contributed by atoms with Gasteiger partial charge >= 0.3 is 0 Å². The molecule has 0 aliphatic heterocycles. The first kappa shape index (κ1) is 14.1. The summed E-state index contributed by atoms with van der Waals surface area (Å²) in [6, 6.07) is 8.74. The zero-order chi connectivity index (χ0) is 14.5. The van der Waals surface area contributed by atoms with Crippen LogP contribution in [-0.2, 0) is 6.54 Å². The average molecular weight is 279 g/mol. The molecule has 2 aromatic rings. The smallest absolute Gasteiger partial charge is 0.162 e. The summed E-state index contributed by atoms with van der Waals surface area (Å²) in [7, 11) is 3.10. The van der Waals surface area contributed by atoms with Crippen LogP contribution in [0.1, 0.15) is 5.56 Å². The van der Waals surface area contributed by atoms with Gasteiger partial charge < -0.3 is 14.8 Å². The average Bonchev–Trinajstić information content (AvgIpc) is 2.43. The van der Waals surface area contributed by atoms with Crippen LogP contribution in [0.4, 0.5) is 14.5 Å². The van der Waals surface area contributed by atoms with E-state index in [-0.39, 0.29) is 0 Å². The van der Waals surface area contributed by atoms with Crippen LogP contribution in [0.5, 0.6) is 11.5 Å². The molecule has 0 heterocycles. The highest BCUT2D eigenvalue weighted by Gasteiger charge is 2.05. The van der Waals surface area contributed by atoms with E-state index in [0.29, 0.717) is 23.6 Å². The van der Waals surface area contributed by atoms with Gasteiger partial charge in [0.2, 0.25) is 0 Å². The van der Waals surface area contributed by atoms with Crippen molar-refractivity contribution in [3.8, 4) is 11.5 Å². The van der Waals surface area contributed by atoms with Crippen molar-refractivity contribution in [3.63, 3.8) is 0 Å². The van der Waals surface area contributed by atoms with Gasteiger partial charge in [0.25, 0.3) is 0 Å². The lowest BCUT2D eigenvalue weighted by atomic mass is 10.2. The van der Waals surface area contributed by atoms with E-state index in [1.54, 1.807) is 32.4 Å². The molecule has 5 heteroatoms. The van der Waals surface area contributed by atoms with E-state index < -0.39 is 11.6 Å². The second-order valence-electron chi connectivity index (χ2n) is 4.20. The van der Waals surface area contributed by atoms with Gasteiger partial charge in [0.1, 0.15) is 11.6 Å². The standard InChI is InChI=1S/C15H15F2NO2/c1-19-14-4-3-13(8-15(14)20-2)18-9-10-5-11(16)7-12(17)6-10/h3-8,18H,9H2,1-2H3. The molecule has 0 aliphatic rings. The van der Waals surface area contributed by atoms with Crippen molar-refractivity contribution in [1.29, 1.82) is 0 Å². The monoisotopic (exact) mass is 279 g/mol. The second-order valence-corrected chi connectivity index (χ2v) is 4.20. The molecule has 0 aliphatic carbocycles. The molecule has 0 bridgehead atoms. The molecular weight excluding hydrogens is 264 g/mol. The molecule has 0 spiro atoms. The highest BCUT2D eigenvalue weighted by atomic mass is 19.1. The van der Waals surface area contributed by atoms with Crippen LogP contribution in [-0.4, -0.2) is 14.2 Å². The molecule has 0 aromatic heterocycles. The Labute approximate surface area is 116 Å². The number of hydrogen-bond acceptors (Lipinski definition) is 3. The Bertz CT molecular complexity index is 582. The Morgan fingerprint density at radius 2 is 1.55 bits per heavy atom. The highest BCUT2D eigenvalue weighted by Crippen LogP contribution is 2.29. The third kappa shape index (κ3) is 3.38. The molecule has 0 unspecified atom stereocenters. The predicted molar refractivity (Wildman–Crippen MR) is 73.2 cm³/mol. The number of ether oxygens (including phenoxy) is 2. The van der Waals surface area contributed by atoms with Crippen LogP contribution in [0, 0.1) is 11.6 Å². The minimum Gasteiger partial charge on any atom is -0.493 e. The molecular formula is C15H15F2NO2. The first-order valence-electron chi connectivity index (χ1n) is 6.03. The van der Waals surface area contributed by atoms with Gasteiger partial charge in [-0.25, -0.2) is 8.78 Å². The summed E-state index contributed by atoms with van der Waals surface area (Å²) in [5, 5.41) is 3.07. The van der Waals surface area contributed by atoms with Gasteiger partial charge in [0, 0.05) is 24.4 Å². The van der Waals surface area contributed by atoms with Crippen molar-refractivity contribution in [2.75, 3.05) is 19.5 Å². The Morgan fingerprint density at radius 1 is 0.900 bits per heavy atom. The summed E-state index contributed by atoms with van der Waals surface area (Å²) in [6.45, 7) is 0.310. The third-order valence-electron chi connectivity index (χ3n) is 2.80. The normalized spacial score (nSPS) is 10.2. The van der Waals surface area contributed by atoms with Gasteiger partial charge in [-0.05, 0) is 29.8 Å². The van der Waals surface area contributed by atoms with Crippen LogP contribution >= 0.6 is 0 Å². The van der Waals surface area contributed by atoms with Crippen molar-refractivity contribution in [3.05, 3.63) is 53.6 Å². The molecule has 0 fully saturated rings. The molecule has 106 valence electrons. The molecule has 0 atom stereocenters.